The summed E-state index contributed by atoms with van der Waals surface area (Å²) in [6.07, 6.45) is 0.127. The van der Waals surface area contributed by atoms with E-state index in [1.807, 2.05) is 30.3 Å². The molecule has 0 aromatic heterocycles. The quantitative estimate of drug-likeness (QED) is 0.906. The second kappa shape index (κ2) is 6.71. The Morgan fingerprint density at radius 1 is 1.22 bits per heavy atom. The molecule has 0 spiro atoms. The third-order valence-corrected chi connectivity index (χ3v) is 3.86. The van der Waals surface area contributed by atoms with Crippen LogP contribution in [0.3, 0.4) is 0 Å². The number of nitrogens with zero attached hydrogens (tertiary/aromatic N) is 1. The van der Waals surface area contributed by atoms with Gasteiger partial charge in [0.05, 0.1) is 18.2 Å². The van der Waals surface area contributed by atoms with Crippen molar-refractivity contribution in [3.8, 4) is 0 Å². The number of hydrogen-bond donors (Lipinski definition) is 2. The summed E-state index contributed by atoms with van der Waals surface area (Å²) in [4.78, 5) is 24.2. The van der Waals surface area contributed by atoms with Crippen molar-refractivity contribution in [2.45, 2.75) is 6.42 Å². The number of hydrogen-bond acceptors (Lipinski definition) is 3. The average molecular weight is 330 g/mol. The minimum absolute atomic E-state index is 0.127. The van der Waals surface area contributed by atoms with Crippen LogP contribution >= 0.6 is 11.6 Å². The molecule has 0 saturated carbocycles. The first-order valence-corrected chi connectivity index (χ1v) is 7.68. The lowest BCUT2D eigenvalue weighted by Crippen LogP contribution is -2.32. The first kappa shape index (κ1) is 15.4. The lowest BCUT2D eigenvalue weighted by molar-refractivity contribution is -0.126. The molecule has 1 aliphatic heterocycles. The summed E-state index contributed by atoms with van der Waals surface area (Å²) >= 11 is 5.89. The Balaban J connectivity index is 1.60. The maximum Gasteiger partial charge on any atom is 0.243 e. The van der Waals surface area contributed by atoms with Crippen molar-refractivity contribution in [1.29, 1.82) is 0 Å². The Morgan fingerprint density at radius 3 is 2.74 bits per heavy atom. The molecule has 1 aliphatic rings. The van der Waals surface area contributed by atoms with Gasteiger partial charge in [-0.1, -0.05) is 35.9 Å². The highest BCUT2D eigenvalue weighted by Crippen LogP contribution is 2.21. The number of rotatable bonds is 4. The van der Waals surface area contributed by atoms with Crippen molar-refractivity contribution in [3.63, 3.8) is 0 Å². The van der Waals surface area contributed by atoms with Gasteiger partial charge in [0.15, 0.2) is 0 Å². The van der Waals surface area contributed by atoms with Crippen LogP contribution in [0.15, 0.2) is 54.6 Å². The van der Waals surface area contributed by atoms with Gasteiger partial charge in [0.1, 0.15) is 0 Å². The second-order valence-corrected chi connectivity index (χ2v) is 5.82. The first-order chi connectivity index (χ1) is 11.1. The van der Waals surface area contributed by atoms with Crippen LogP contribution < -0.4 is 15.8 Å². The molecule has 0 bridgehead atoms. The molecule has 1 heterocycles. The van der Waals surface area contributed by atoms with E-state index in [1.165, 1.54) is 0 Å². The maximum atomic E-state index is 12.1. The van der Waals surface area contributed by atoms with Crippen molar-refractivity contribution in [1.82, 2.24) is 5.43 Å². The largest absolute Gasteiger partial charge is 0.326 e. The normalized spacial score (nSPS) is 17.0. The molecular formula is C17H16ClN3O2. The van der Waals surface area contributed by atoms with Crippen LogP contribution in [0.1, 0.15) is 6.42 Å². The summed E-state index contributed by atoms with van der Waals surface area (Å²) in [5.41, 5.74) is 4.32. The van der Waals surface area contributed by atoms with Crippen LogP contribution in [0.5, 0.6) is 0 Å². The van der Waals surface area contributed by atoms with E-state index >= 15 is 0 Å². The second-order valence-electron chi connectivity index (χ2n) is 5.38. The zero-order valence-corrected chi connectivity index (χ0v) is 13.1. The molecule has 5 nitrogen and oxygen atoms in total. The van der Waals surface area contributed by atoms with E-state index in [9.17, 15) is 9.59 Å². The summed E-state index contributed by atoms with van der Waals surface area (Å²) in [6, 6.07) is 16.5. The molecular weight excluding hydrogens is 314 g/mol. The number of hydrazine groups is 1. The average Bonchev–Trinajstić information content (AvgIpc) is 2.89. The van der Waals surface area contributed by atoms with E-state index in [1.54, 1.807) is 29.3 Å². The van der Waals surface area contributed by atoms with Gasteiger partial charge in [0.2, 0.25) is 11.8 Å². The standard InChI is InChI=1S/C17H16ClN3O2/c18-13-5-4-6-14(10-13)19-16(22)9-12-11-21(20-17(12)23)15-7-2-1-3-8-15/h1-8,10,12H,9,11H2,(H,19,22)(H,20,23). The lowest BCUT2D eigenvalue weighted by atomic mass is 10.1. The highest BCUT2D eigenvalue weighted by molar-refractivity contribution is 6.30. The van der Waals surface area contributed by atoms with Gasteiger partial charge in [-0.3, -0.25) is 20.0 Å². The van der Waals surface area contributed by atoms with E-state index in [4.69, 9.17) is 11.6 Å². The third-order valence-electron chi connectivity index (χ3n) is 3.63. The summed E-state index contributed by atoms with van der Waals surface area (Å²) in [6.45, 7) is 0.464. The molecule has 1 atom stereocenters. The number of amides is 2. The summed E-state index contributed by atoms with van der Waals surface area (Å²) in [5.74, 6) is -0.730. The van der Waals surface area contributed by atoms with Crippen molar-refractivity contribution in [3.05, 3.63) is 59.6 Å². The maximum absolute atomic E-state index is 12.1. The van der Waals surface area contributed by atoms with Crippen LogP contribution in [-0.2, 0) is 9.59 Å². The van der Waals surface area contributed by atoms with Crippen LogP contribution in [0.4, 0.5) is 11.4 Å². The Kier molecular flexibility index (Phi) is 4.48. The topological polar surface area (TPSA) is 61.4 Å². The fourth-order valence-electron chi connectivity index (χ4n) is 2.51. The number of anilines is 2. The molecule has 6 heteroatoms. The van der Waals surface area contributed by atoms with Crippen LogP contribution in [-0.4, -0.2) is 18.4 Å². The Labute approximate surface area is 139 Å². The fourth-order valence-corrected chi connectivity index (χ4v) is 2.70. The Hall–Kier alpha value is -2.53. The van der Waals surface area contributed by atoms with Gasteiger partial charge in [-0.2, -0.15) is 0 Å². The van der Waals surface area contributed by atoms with Crippen molar-refractivity contribution >= 4 is 34.8 Å². The van der Waals surface area contributed by atoms with Crippen LogP contribution in [0, 0.1) is 5.92 Å². The van der Waals surface area contributed by atoms with E-state index in [-0.39, 0.29) is 24.2 Å². The number of nitrogens with one attached hydrogen (secondary N) is 2. The third kappa shape index (κ3) is 3.81. The Bertz CT molecular complexity index is 721. The highest BCUT2D eigenvalue weighted by Gasteiger charge is 2.32. The van der Waals surface area contributed by atoms with Gasteiger partial charge in [-0.15, -0.1) is 0 Å². The zero-order chi connectivity index (χ0) is 16.2. The molecule has 2 N–H and O–H groups in total. The Morgan fingerprint density at radius 2 is 2.00 bits per heavy atom. The van der Waals surface area contributed by atoms with Crippen LogP contribution in [0.25, 0.3) is 0 Å². The van der Waals surface area contributed by atoms with Gasteiger partial charge in [0.25, 0.3) is 0 Å². The molecule has 1 fully saturated rings. The molecule has 2 amide bonds. The van der Waals surface area contributed by atoms with E-state index in [0.29, 0.717) is 17.3 Å². The van der Waals surface area contributed by atoms with E-state index < -0.39 is 0 Å². The number of carbonyl (C=O) groups excluding carboxylic acids is 2. The molecule has 2 aromatic carbocycles. The zero-order valence-electron chi connectivity index (χ0n) is 12.3. The summed E-state index contributed by atoms with van der Waals surface area (Å²) < 4.78 is 0. The predicted molar refractivity (Wildman–Crippen MR) is 90.1 cm³/mol. The van der Waals surface area contributed by atoms with Gasteiger partial charge in [0, 0.05) is 17.1 Å². The van der Waals surface area contributed by atoms with E-state index in [2.05, 4.69) is 10.7 Å². The smallest absolute Gasteiger partial charge is 0.243 e. The minimum Gasteiger partial charge on any atom is -0.326 e. The first-order valence-electron chi connectivity index (χ1n) is 7.30. The molecule has 1 saturated heterocycles. The molecule has 0 aliphatic carbocycles. The molecule has 0 radical (unpaired) electrons. The van der Waals surface area contributed by atoms with Gasteiger partial charge < -0.3 is 5.32 Å². The van der Waals surface area contributed by atoms with Crippen molar-refractivity contribution in [2.75, 3.05) is 16.9 Å². The minimum atomic E-state index is -0.380. The SMILES string of the molecule is O=C(CC1CN(c2ccccc2)NC1=O)Nc1cccc(Cl)c1. The number of halogens is 1. The summed E-state index contributed by atoms with van der Waals surface area (Å²) in [7, 11) is 0. The number of para-hydroxylation sites is 1. The number of benzene rings is 2. The fraction of sp³-hybridized carbons (Fsp3) is 0.176. The molecule has 1 unspecified atom stereocenters. The summed E-state index contributed by atoms with van der Waals surface area (Å²) in [5, 5.41) is 5.08. The van der Waals surface area contributed by atoms with E-state index in [0.717, 1.165) is 5.69 Å². The van der Waals surface area contributed by atoms with Gasteiger partial charge in [-0.25, -0.2) is 0 Å². The molecule has 23 heavy (non-hydrogen) atoms. The van der Waals surface area contributed by atoms with Crippen molar-refractivity contribution < 1.29 is 9.59 Å². The highest BCUT2D eigenvalue weighted by atomic mass is 35.5. The van der Waals surface area contributed by atoms with Gasteiger partial charge in [-0.05, 0) is 30.3 Å². The molecule has 118 valence electrons. The molecule has 2 aromatic rings. The van der Waals surface area contributed by atoms with Gasteiger partial charge >= 0.3 is 0 Å². The van der Waals surface area contributed by atoms with Crippen molar-refractivity contribution in [2.24, 2.45) is 5.92 Å². The molecule has 3 rings (SSSR count). The number of carbonyl (C=O) groups is 2. The lowest BCUT2D eigenvalue weighted by Gasteiger charge is -2.17. The predicted octanol–water partition coefficient (Wildman–Crippen LogP) is 2.84. The monoisotopic (exact) mass is 329 g/mol. The van der Waals surface area contributed by atoms with Crippen LogP contribution in [0.2, 0.25) is 5.02 Å².